The Bertz CT molecular complexity index is 2260. The first-order valence-corrected chi connectivity index (χ1v) is 17.3. The molecule has 11 nitrogen and oxygen atoms in total. The number of anilines is 1. The van der Waals surface area contributed by atoms with Crippen molar-refractivity contribution in [2.75, 3.05) is 19.1 Å². The molecule has 0 unspecified atom stereocenters. The van der Waals surface area contributed by atoms with Crippen molar-refractivity contribution in [3.63, 3.8) is 0 Å². The molecule has 4 aromatic carbocycles. The fourth-order valence-electron chi connectivity index (χ4n) is 9.33. The second-order valence-electron chi connectivity index (χ2n) is 13.8. The van der Waals surface area contributed by atoms with Gasteiger partial charge >= 0.3 is 0 Å². The maximum Gasteiger partial charge on any atom is 0.269 e. The average molecular weight is 711 g/mol. The third kappa shape index (κ3) is 4.94. The van der Waals surface area contributed by atoms with Gasteiger partial charge in [-0.15, -0.1) is 0 Å². The van der Waals surface area contributed by atoms with Crippen molar-refractivity contribution in [1.82, 2.24) is 0 Å². The molecule has 0 bridgehead atoms. The van der Waals surface area contributed by atoms with Gasteiger partial charge in [-0.3, -0.25) is 34.2 Å². The van der Waals surface area contributed by atoms with E-state index < -0.39 is 51.7 Å². The number of fused-ring (bicyclic) bond motifs is 4. The number of ether oxygens (including phenoxy) is 2. The molecule has 4 aliphatic rings. The smallest absolute Gasteiger partial charge is 0.269 e. The third-order valence-electron chi connectivity index (χ3n) is 11.5. The van der Waals surface area contributed by atoms with Crippen LogP contribution in [0.5, 0.6) is 17.2 Å². The topological polar surface area (TPSA) is 153 Å². The van der Waals surface area contributed by atoms with Crippen LogP contribution in [0.1, 0.15) is 35.4 Å². The van der Waals surface area contributed by atoms with E-state index in [4.69, 9.17) is 9.47 Å². The summed E-state index contributed by atoms with van der Waals surface area (Å²) in [4.78, 5) is 70.9. The Morgan fingerprint density at radius 1 is 0.849 bits per heavy atom. The number of nitro groups is 1. The largest absolute Gasteiger partial charge is 0.507 e. The van der Waals surface area contributed by atoms with Gasteiger partial charge in [-0.05, 0) is 48.1 Å². The number of Topliss-reactive ketones (excluding diaryl/α,β-unsaturated/α-hetero) is 1. The lowest BCUT2D eigenvalue weighted by molar-refractivity contribution is -0.384. The summed E-state index contributed by atoms with van der Waals surface area (Å²) >= 11 is 0. The summed E-state index contributed by atoms with van der Waals surface area (Å²) in [5.41, 5.74) is 0.753. The monoisotopic (exact) mass is 710 g/mol. The summed E-state index contributed by atoms with van der Waals surface area (Å²) in [7, 11) is 2.90. The molecule has 2 fully saturated rings. The molecule has 1 N–H and O–H groups in total. The molecule has 2 amide bonds. The maximum atomic E-state index is 15.2. The zero-order valence-electron chi connectivity index (χ0n) is 28.8. The predicted octanol–water partition coefficient (Wildman–Crippen LogP) is 6.35. The molecule has 0 radical (unpaired) electrons. The standard InChI is InChI=1S/C42H34N2O9/c1-52-27-19-33(45)37(34(20-27)53-2)38-28-17-18-29-36(41(49)43(40(29)48)25-13-15-26(16-14-25)44(50)51)31(28)21-32-39(47)30(23-9-5-3-6-10-23)22-35(46)42(32,38)24-11-7-4-8-12-24/h3-17,19-20,22,29,31-32,36,38,45H,18,21H2,1-2H3/t29-,31+,32-,36-,38+,42-/m0/s1. The number of nitrogens with zero attached hydrogens (tertiary/aromatic N) is 2. The van der Waals surface area contributed by atoms with Crippen LogP contribution in [0.25, 0.3) is 5.57 Å². The van der Waals surface area contributed by atoms with Gasteiger partial charge in [0, 0.05) is 47.2 Å². The highest BCUT2D eigenvalue weighted by molar-refractivity contribution is 6.32. The van der Waals surface area contributed by atoms with Crippen LogP contribution in [0.4, 0.5) is 11.4 Å². The first-order chi connectivity index (χ1) is 25.6. The van der Waals surface area contributed by atoms with Crippen molar-refractivity contribution in [2.24, 2.45) is 23.7 Å². The van der Waals surface area contributed by atoms with E-state index in [9.17, 15) is 24.8 Å². The van der Waals surface area contributed by atoms with E-state index in [1.807, 2.05) is 30.3 Å². The summed E-state index contributed by atoms with van der Waals surface area (Å²) in [6, 6.07) is 26.3. The summed E-state index contributed by atoms with van der Waals surface area (Å²) in [5, 5.41) is 23.2. The number of allylic oxidation sites excluding steroid dienone is 4. The van der Waals surface area contributed by atoms with Gasteiger partial charge in [0.15, 0.2) is 11.6 Å². The number of imide groups is 1. The molecule has 1 aliphatic heterocycles. The van der Waals surface area contributed by atoms with Gasteiger partial charge in [0.05, 0.1) is 42.1 Å². The van der Waals surface area contributed by atoms with Gasteiger partial charge in [0.1, 0.15) is 17.2 Å². The molecule has 1 saturated carbocycles. The number of carbonyl (C=O) groups excluding carboxylic acids is 4. The Balaban J connectivity index is 1.37. The summed E-state index contributed by atoms with van der Waals surface area (Å²) in [6.45, 7) is 0. The van der Waals surface area contributed by atoms with Crippen LogP contribution in [0.15, 0.2) is 115 Å². The second kappa shape index (κ2) is 12.7. The zero-order chi connectivity index (χ0) is 37.2. The Labute approximate surface area is 304 Å². The van der Waals surface area contributed by atoms with E-state index in [-0.39, 0.29) is 58.4 Å². The van der Waals surface area contributed by atoms with Crippen molar-refractivity contribution in [3.8, 4) is 17.2 Å². The van der Waals surface area contributed by atoms with Crippen LogP contribution in [0.2, 0.25) is 0 Å². The first kappa shape index (κ1) is 33.8. The number of phenolic OH excluding ortho intramolecular Hbond substituents is 1. The molecule has 266 valence electrons. The van der Waals surface area contributed by atoms with Crippen molar-refractivity contribution in [1.29, 1.82) is 0 Å². The van der Waals surface area contributed by atoms with Gasteiger partial charge in [-0.2, -0.15) is 0 Å². The molecule has 53 heavy (non-hydrogen) atoms. The molecule has 4 aromatic rings. The number of phenols is 1. The number of rotatable bonds is 7. The minimum Gasteiger partial charge on any atom is -0.507 e. The number of non-ortho nitro benzene ring substituents is 1. The van der Waals surface area contributed by atoms with E-state index in [1.54, 1.807) is 42.5 Å². The van der Waals surface area contributed by atoms with Crippen LogP contribution in [-0.4, -0.2) is 47.6 Å². The fourth-order valence-corrected chi connectivity index (χ4v) is 9.33. The number of aromatic hydroxyl groups is 1. The molecule has 6 atom stereocenters. The van der Waals surface area contributed by atoms with E-state index in [0.717, 1.165) is 4.90 Å². The van der Waals surface area contributed by atoms with Gasteiger partial charge in [0.2, 0.25) is 11.8 Å². The fraction of sp³-hybridized carbons (Fsp3) is 0.238. The molecule has 1 heterocycles. The van der Waals surface area contributed by atoms with E-state index in [0.29, 0.717) is 22.4 Å². The molecule has 8 rings (SSSR count). The molecule has 3 aliphatic carbocycles. The van der Waals surface area contributed by atoms with E-state index in [2.05, 4.69) is 0 Å². The van der Waals surface area contributed by atoms with Gasteiger partial charge in [-0.1, -0.05) is 72.3 Å². The SMILES string of the molecule is COc1cc(O)c([C@H]2C3=CC[C@@H]4C(=O)N(c5ccc([N+](=O)[O-])cc5)C(=O)[C@@H]4[C@@H]3C[C@H]3C(=O)C(c4ccccc4)=CC(=O)[C@@]23c2ccccc2)c(OC)c1. The summed E-state index contributed by atoms with van der Waals surface area (Å²) in [5.74, 6) is -5.65. The lowest BCUT2D eigenvalue weighted by Gasteiger charge is -2.55. The minimum absolute atomic E-state index is 0.0689. The van der Waals surface area contributed by atoms with Gasteiger partial charge < -0.3 is 14.6 Å². The number of ketones is 2. The summed E-state index contributed by atoms with van der Waals surface area (Å²) < 4.78 is 11.3. The molecule has 11 heteroatoms. The Morgan fingerprint density at radius 3 is 2.17 bits per heavy atom. The number of carbonyl (C=O) groups is 4. The van der Waals surface area contributed by atoms with Crippen molar-refractivity contribution >= 4 is 40.3 Å². The maximum absolute atomic E-state index is 15.2. The van der Waals surface area contributed by atoms with Crippen LogP contribution in [-0.2, 0) is 24.6 Å². The lowest BCUT2D eigenvalue weighted by atomic mass is 9.44. The van der Waals surface area contributed by atoms with Crippen LogP contribution < -0.4 is 14.4 Å². The molecule has 0 aromatic heterocycles. The molecule has 0 spiro atoms. The number of hydrogen-bond donors (Lipinski definition) is 1. The average Bonchev–Trinajstić information content (AvgIpc) is 3.44. The Kier molecular flexibility index (Phi) is 8.09. The molecule has 1 saturated heterocycles. The van der Waals surface area contributed by atoms with Crippen LogP contribution >= 0.6 is 0 Å². The Hall–Kier alpha value is -6.36. The number of benzene rings is 4. The van der Waals surface area contributed by atoms with Crippen molar-refractivity contribution in [2.45, 2.75) is 24.2 Å². The van der Waals surface area contributed by atoms with Crippen LogP contribution in [0, 0.1) is 33.8 Å². The van der Waals surface area contributed by atoms with Gasteiger partial charge in [0.25, 0.3) is 5.69 Å². The predicted molar refractivity (Wildman–Crippen MR) is 193 cm³/mol. The van der Waals surface area contributed by atoms with E-state index in [1.165, 1.54) is 50.6 Å². The minimum atomic E-state index is -1.57. The normalized spacial score (nSPS) is 26.2. The van der Waals surface area contributed by atoms with Crippen LogP contribution in [0.3, 0.4) is 0 Å². The number of amides is 2. The highest BCUT2D eigenvalue weighted by Crippen LogP contribution is 2.65. The van der Waals surface area contributed by atoms with E-state index >= 15 is 9.59 Å². The number of methoxy groups -OCH3 is 2. The second-order valence-corrected chi connectivity index (χ2v) is 13.8. The zero-order valence-corrected chi connectivity index (χ0v) is 28.8. The highest BCUT2D eigenvalue weighted by Gasteiger charge is 2.66. The van der Waals surface area contributed by atoms with Gasteiger partial charge in [-0.25, -0.2) is 0 Å². The van der Waals surface area contributed by atoms with Crippen molar-refractivity contribution in [3.05, 3.63) is 142 Å². The number of hydrogen-bond acceptors (Lipinski definition) is 9. The quantitative estimate of drug-likeness (QED) is 0.100. The molecular formula is C42H34N2O9. The summed E-state index contributed by atoms with van der Waals surface area (Å²) in [6.07, 6.45) is 3.52. The lowest BCUT2D eigenvalue weighted by Crippen LogP contribution is -2.58. The third-order valence-corrected chi connectivity index (χ3v) is 11.5. The van der Waals surface area contributed by atoms with Crippen molar-refractivity contribution < 1.29 is 38.7 Å². The first-order valence-electron chi connectivity index (χ1n) is 17.3. The number of nitro benzene ring substituents is 1. The molecular weight excluding hydrogens is 676 g/mol. The highest BCUT2D eigenvalue weighted by atomic mass is 16.6. The Morgan fingerprint density at radius 2 is 1.53 bits per heavy atom.